The Bertz CT molecular complexity index is 734. The van der Waals surface area contributed by atoms with Crippen LogP contribution in [0.4, 0.5) is 0 Å². The third-order valence-electron chi connectivity index (χ3n) is 4.81. The van der Waals surface area contributed by atoms with E-state index in [1.807, 2.05) is 42.2 Å². The predicted molar refractivity (Wildman–Crippen MR) is 95.4 cm³/mol. The molecule has 5 nitrogen and oxygen atoms in total. The molecule has 130 valence electrons. The molecular weight excluding hydrogens is 324 g/mol. The van der Waals surface area contributed by atoms with Crippen LogP contribution in [0.5, 0.6) is 0 Å². The summed E-state index contributed by atoms with van der Waals surface area (Å²) in [7, 11) is -2.85. The summed E-state index contributed by atoms with van der Waals surface area (Å²) in [4.78, 5) is 16.4. The molecule has 1 amide bonds. The molecule has 0 spiro atoms. The van der Waals surface area contributed by atoms with Crippen molar-refractivity contribution >= 4 is 21.8 Å². The molecule has 3 rings (SSSR count). The maximum atomic E-state index is 12.3. The Morgan fingerprint density at radius 3 is 2.58 bits per heavy atom. The predicted octanol–water partition coefficient (Wildman–Crippen LogP) is 1.34. The molecular formula is C18H24N2O3S. The molecule has 0 radical (unpaired) electrons. The molecule has 1 atom stereocenters. The van der Waals surface area contributed by atoms with Crippen molar-refractivity contribution in [2.45, 2.75) is 19.4 Å². The number of sulfone groups is 1. The second kappa shape index (κ2) is 7.07. The normalized spacial score (nSPS) is 24.5. The standard InChI is InChI=1S/C18H24N2O3S/c1-15-3-2-4-16(13-15)5-6-18(21)20-10-8-19(9-11-20)17-7-12-24(22,23)14-17/h2-6,13,17H,7-12,14H2,1H3/b6-5+/t17-/m0/s1. The second-order valence-corrected chi connectivity index (χ2v) is 8.89. The van der Waals surface area contributed by atoms with Crippen LogP contribution in [0.15, 0.2) is 30.3 Å². The highest BCUT2D eigenvalue weighted by molar-refractivity contribution is 7.91. The van der Waals surface area contributed by atoms with Gasteiger partial charge in [0.1, 0.15) is 0 Å². The monoisotopic (exact) mass is 348 g/mol. The van der Waals surface area contributed by atoms with Crippen molar-refractivity contribution in [1.82, 2.24) is 9.80 Å². The van der Waals surface area contributed by atoms with Crippen LogP contribution < -0.4 is 0 Å². The average molecular weight is 348 g/mol. The van der Waals surface area contributed by atoms with Gasteiger partial charge in [0.2, 0.25) is 5.91 Å². The molecule has 0 N–H and O–H groups in total. The molecule has 6 heteroatoms. The number of hydrogen-bond acceptors (Lipinski definition) is 4. The second-order valence-electron chi connectivity index (χ2n) is 6.67. The number of nitrogens with zero attached hydrogens (tertiary/aromatic N) is 2. The lowest BCUT2D eigenvalue weighted by Gasteiger charge is -2.37. The molecule has 24 heavy (non-hydrogen) atoms. The van der Waals surface area contributed by atoms with Crippen LogP contribution in [0.25, 0.3) is 6.08 Å². The van der Waals surface area contributed by atoms with Crippen LogP contribution in [0, 0.1) is 6.92 Å². The Kier molecular flexibility index (Phi) is 5.06. The van der Waals surface area contributed by atoms with Gasteiger partial charge in [-0.3, -0.25) is 9.69 Å². The maximum absolute atomic E-state index is 12.3. The van der Waals surface area contributed by atoms with E-state index >= 15 is 0 Å². The van der Waals surface area contributed by atoms with E-state index in [4.69, 9.17) is 0 Å². The van der Waals surface area contributed by atoms with Gasteiger partial charge in [-0.2, -0.15) is 0 Å². The van der Waals surface area contributed by atoms with Crippen molar-refractivity contribution in [1.29, 1.82) is 0 Å². The third-order valence-corrected chi connectivity index (χ3v) is 6.56. The lowest BCUT2D eigenvalue weighted by molar-refractivity contribution is -0.127. The van der Waals surface area contributed by atoms with Crippen molar-refractivity contribution in [3.8, 4) is 0 Å². The number of benzene rings is 1. The van der Waals surface area contributed by atoms with Crippen molar-refractivity contribution in [3.63, 3.8) is 0 Å². The molecule has 0 saturated carbocycles. The first-order valence-corrected chi connectivity index (χ1v) is 10.2. The minimum atomic E-state index is -2.85. The van der Waals surface area contributed by atoms with Gasteiger partial charge in [0, 0.05) is 38.3 Å². The SMILES string of the molecule is Cc1cccc(/C=C/C(=O)N2CCN([C@H]3CCS(=O)(=O)C3)CC2)c1. The largest absolute Gasteiger partial charge is 0.337 e. The fourth-order valence-corrected chi connectivity index (χ4v) is 5.18. The van der Waals surface area contributed by atoms with Gasteiger partial charge in [-0.05, 0) is 25.0 Å². The average Bonchev–Trinajstić information content (AvgIpc) is 2.93. The number of aryl methyl sites for hydroxylation is 1. The first kappa shape index (κ1) is 17.2. The van der Waals surface area contributed by atoms with Crippen molar-refractivity contribution in [3.05, 3.63) is 41.5 Å². The van der Waals surface area contributed by atoms with E-state index in [1.54, 1.807) is 6.08 Å². The van der Waals surface area contributed by atoms with Gasteiger partial charge in [-0.15, -0.1) is 0 Å². The van der Waals surface area contributed by atoms with E-state index in [1.165, 1.54) is 5.56 Å². The molecule has 2 aliphatic rings. The fourth-order valence-electron chi connectivity index (χ4n) is 3.42. The molecule has 1 aromatic carbocycles. The quantitative estimate of drug-likeness (QED) is 0.774. The zero-order chi connectivity index (χ0) is 17.2. The number of piperazine rings is 1. The van der Waals surface area contributed by atoms with Crippen LogP contribution >= 0.6 is 0 Å². The summed E-state index contributed by atoms with van der Waals surface area (Å²) in [6.45, 7) is 4.86. The summed E-state index contributed by atoms with van der Waals surface area (Å²) >= 11 is 0. The highest BCUT2D eigenvalue weighted by Crippen LogP contribution is 2.19. The van der Waals surface area contributed by atoms with Crippen LogP contribution in [-0.4, -0.2) is 67.9 Å². The third kappa shape index (κ3) is 4.24. The van der Waals surface area contributed by atoms with Crippen LogP contribution in [0.3, 0.4) is 0 Å². The van der Waals surface area contributed by atoms with Crippen LogP contribution in [0.1, 0.15) is 17.5 Å². The van der Waals surface area contributed by atoms with Crippen molar-refractivity contribution in [2.75, 3.05) is 37.7 Å². The van der Waals surface area contributed by atoms with E-state index in [0.29, 0.717) is 18.8 Å². The number of hydrogen-bond donors (Lipinski definition) is 0. The zero-order valence-electron chi connectivity index (χ0n) is 14.0. The molecule has 2 saturated heterocycles. The molecule has 2 heterocycles. The number of rotatable bonds is 3. The Balaban J connectivity index is 1.52. The summed E-state index contributed by atoms with van der Waals surface area (Å²) in [5.74, 6) is 0.597. The van der Waals surface area contributed by atoms with Crippen LogP contribution in [0.2, 0.25) is 0 Å². The summed E-state index contributed by atoms with van der Waals surface area (Å²) in [5.41, 5.74) is 2.20. The highest BCUT2D eigenvalue weighted by Gasteiger charge is 2.34. The molecule has 0 bridgehead atoms. The van der Waals surface area contributed by atoms with E-state index in [-0.39, 0.29) is 17.7 Å². The lowest BCUT2D eigenvalue weighted by Crippen LogP contribution is -2.52. The minimum absolute atomic E-state index is 0.0233. The summed E-state index contributed by atoms with van der Waals surface area (Å²) < 4.78 is 23.2. The molecule has 0 aromatic heterocycles. The van der Waals surface area contributed by atoms with Gasteiger partial charge >= 0.3 is 0 Å². The first-order chi connectivity index (χ1) is 11.4. The van der Waals surface area contributed by atoms with Gasteiger partial charge in [-0.1, -0.05) is 29.8 Å². The van der Waals surface area contributed by atoms with Gasteiger partial charge in [0.25, 0.3) is 0 Å². The zero-order valence-corrected chi connectivity index (χ0v) is 14.8. The number of carbonyl (C=O) groups is 1. The molecule has 2 aliphatic heterocycles. The first-order valence-electron chi connectivity index (χ1n) is 8.41. The van der Waals surface area contributed by atoms with E-state index < -0.39 is 9.84 Å². The fraction of sp³-hybridized carbons (Fsp3) is 0.500. The topological polar surface area (TPSA) is 57.7 Å². The van der Waals surface area contributed by atoms with Gasteiger partial charge in [-0.25, -0.2) is 8.42 Å². The summed E-state index contributed by atoms with van der Waals surface area (Å²) in [5, 5.41) is 0. The minimum Gasteiger partial charge on any atom is -0.337 e. The molecule has 1 aromatic rings. The Labute approximate surface area is 143 Å². The van der Waals surface area contributed by atoms with Crippen molar-refractivity contribution in [2.24, 2.45) is 0 Å². The Hall–Kier alpha value is -1.66. The number of carbonyl (C=O) groups excluding carboxylic acids is 1. The van der Waals surface area contributed by atoms with Gasteiger partial charge in [0.15, 0.2) is 9.84 Å². The summed E-state index contributed by atoms with van der Waals surface area (Å²) in [6.07, 6.45) is 4.21. The van der Waals surface area contributed by atoms with E-state index in [2.05, 4.69) is 4.90 Å². The lowest BCUT2D eigenvalue weighted by atomic mass is 10.1. The maximum Gasteiger partial charge on any atom is 0.246 e. The smallest absolute Gasteiger partial charge is 0.246 e. The van der Waals surface area contributed by atoms with Crippen LogP contribution in [-0.2, 0) is 14.6 Å². The highest BCUT2D eigenvalue weighted by atomic mass is 32.2. The molecule has 0 aliphatic carbocycles. The molecule has 0 unspecified atom stereocenters. The number of amides is 1. The summed E-state index contributed by atoms with van der Waals surface area (Å²) in [6, 6.07) is 8.17. The molecule has 2 fully saturated rings. The van der Waals surface area contributed by atoms with E-state index in [0.717, 1.165) is 25.1 Å². The van der Waals surface area contributed by atoms with Gasteiger partial charge in [0.05, 0.1) is 11.5 Å². The Morgan fingerprint density at radius 2 is 1.96 bits per heavy atom. The van der Waals surface area contributed by atoms with E-state index in [9.17, 15) is 13.2 Å². The van der Waals surface area contributed by atoms with Gasteiger partial charge < -0.3 is 4.90 Å². The Morgan fingerprint density at radius 1 is 1.21 bits per heavy atom. The van der Waals surface area contributed by atoms with Crippen molar-refractivity contribution < 1.29 is 13.2 Å².